The first kappa shape index (κ1) is 26.0. The van der Waals surface area contributed by atoms with Gasteiger partial charge >= 0.3 is 6.18 Å². The van der Waals surface area contributed by atoms with Crippen molar-refractivity contribution in [2.24, 2.45) is 4.99 Å². The number of thioether (sulfide) groups is 1. The number of rotatable bonds is 5. The molecule has 37 heavy (non-hydrogen) atoms. The second-order valence-corrected chi connectivity index (χ2v) is 10.7. The van der Waals surface area contributed by atoms with Gasteiger partial charge in [0.05, 0.1) is 28.8 Å². The molecule has 0 radical (unpaired) electrons. The largest absolute Gasteiger partial charge is 0.416 e. The van der Waals surface area contributed by atoms with E-state index in [0.717, 1.165) is 30.1 Å². The lowest BCUT2D eigenvalue weighted by molar-refractivity contribution is -0.138. The van der Waals surface area contributed by atoms with Crippen molar-refractivity contribution in [3.63, 3.8) is 0 Å². The molecule has 2 aromatic carbocycles. The van der Waals surface area contributed by atoms with E-state index in [1.54, 1.807) is 24.4 Å². The van der Waals surface area contributed by atoms with Gasteiger partial charge in [-0.25, -0.2) is 0 Å². The monoisotopic (exact) mass is 593 g/mol. The molecule has 2 aliphatic heterocycles. The Morgan fingerprint density at radius 2 is 1.92 bits per heavy atom. The van der Waals surface area contributed by atoms with Crippen LogP contribution in [0, 0.1) is 0 Å². The molecular formula is C25H23BrF3N5O2S. The number of benzene rings is 2. The van der Waals surface area contributed by atoms with E-state index in [1.165, 1.54) is 17.8 Å². The predicted octanol–water partition coefficient (Wildman–Crippen LogP) is 4.54. The number of carbonyl (C=O) groups is 1. The van der Waals surface area contributed by atoms with Gasteiger partial charge in [0.15, 0.2) is 5.17 Å². The van der Waals surface area contributed by atoms with Crippen molar-refractivity contribution in [1.29, 1.82) is 0 Å². The number of amides is 1. The number of halogens is 4. The summed E-state index contributed by atoms with van der Waals surface area (Å²) in [7, 11) is 0. The van der Waals surface area contributed by atoms with E-state index < -0.39 is 17.6 Å². The fourth-order valence-electron chi connectivity index (χ4n) is 4.53. The highest BCUT2D eigenvalue weighted by Crippen LogP contribution is 2.40. The Bertz CT molecular complexity index is 1400. The van der Waals surface area contributed by atoms with E-state index in [2.05, 4.69) is 36.0 Å². The molecule has 7 nitrogen and oxygen atoms in total. The molecular weight excluding hydrogens is 571 g/mol. The van der Waals surface area contributed by atoms with Crippen LogP contribution in [0.25, 0.3) is 16.5 Å². The van der Waals surface area contributed by atoms with E-state index in [9.17, 15) is 23.1 Å². The van der Waals surface area contributed by atoms with Crippen LogP contribution in [0.1, 0.15) is 16.7 Å². The number of hydrogen-bond donors (Lipinski definition) is 2. The third kappa shape index (κ3) is 5.62. The molecule has 1 amide bonds. The lowest BCUT2D eigenvalue weighted by atomic mass is 9.93. The average molecular weight is 594 g/mol. The SMILES string of the molecule is O=C1N=C(N2CCN(CCO)CC2)SC1=C(Cc1ccc(Br)cc1C(F)(F)F)c1ccc2[nH]ncc2c1. The van der Waals surface area contributed by atoms with Gasteiger partial charge < -0.3 is 10.0 Å². The Morgan fingerprint density at radius 1 is 1.14 bits per heavy atom. The van der Waals surface area contributed by atoms with Gasteiger partial charge in [0.25, 0.3) is 5.91 Å². The number of nitrogens with zero attached hydrogens (tertiary/aromatic N) is 4. The van der Waals surface area contributed by atoms with Crippen LogP contribution in [-0.4, -0.2) is 75.5 Å². The second-order valence-electron chi connectivity index (χ2n) is 8.81. The minimum atomic E-state index is -4.55. The van der Waals surface area contributed by atoms with Crippen LogP contribution in [0.4, 0.5) is 13.2 Å². The summed E-state index contributed by atoms with van der Waals surface area (Å²) in [4.78, 5) is 21.9. The van der Waals surface area contributed by atoms with Gasteiger partial charge in [0, 0.05) is 42.6 Å². The number of amidine groups is 1. The molecule has 3 aromatic rings. The highest BCUT2D eigenvalue weighted by molar-refractivity contribution is 9.10. The summed E-state index contributed by atoms with van der Waals surface area (Å²) >= 11 is 4.35. The van der Waals surface area contributed by atoms with E-state index in [-0.39, 0.29) is 18.6 Å². The number of carbonyl (C=O) groups excluding carboxylic acids is 1. The molecule has 0 spiro atoms. The van der Waals surface area contributed by atoms with Crippen molar-refractivity contribution in [1.82, 2.24) is 20.0 Å². The Morgan fingerprint density at radius 3 is 2.65 bits per heavy atom. The van der Waals surface area contributed by atoms with Crippen molar-refractivity contribution in [2.75, 3.05) is 39.3 Å². The summed E-state index contributed by atoms with van der Waals surface area (Å²) in [5.41, 5.74) is 1.25. The maximum atomic E-state index is 13.9. The molecule has 0 saturated carbocycles. The van der Waals surface area contributed by atoms with Gasteiger partial charge in [-0.15, -0.1) is 0 Å². The number of piperazine rings is 1. The third-order valence-electron chi connectivity index (χ3n) is 6.45. The zero-order valence-electron chi connectivity index (χ0n) is 19.6. The number of aliphatic hydroxyl groups is 1. The topological polar surface area (TPSA) is 84.8 Å². The molecule has 3 heterocycles. The number of aromatic amines is 1. The van der Waals surface area contributed by atoms with Crippen molar-refractivity contribution >= 4 is 55.2 Å². The van der Waals surface area contributed by atoms with Crippen molar-refractivity contribution in [2.45, 2.75) is 12.6 Å². The smallest absolute Gasteiger partial charge is 0.395 e. The van der Waals surface area contributed by atoms with Gasteiger partial charge in [-0.1, -0.05) is 28.1 Å². The average Bonchev–Trinajstić information content (AvgIpc) is 3.49. The maximum Gasteiger partial charge on any atom is 0.416 e. The molecule has 2 N–H and O–H groups in total. The molecule has 0 atom stereocenters. The standard InChI is InChI=1S/C25H23BrF3N5O2S/c26-18-3-1-16(20(13-18)25(27,28)29)12-19(15-2-4-21-17(11-15)14-30-32-21)22-23(36)31-24(37-22)34-7-5-33(6-8-34)9-10-35/h1-4,11,13-14,35H,5-10,12H2,(H,30,32). The summed E-state index contributed by atoms with van der Waals surface area (Å²) in [6.45, 7) is 3.42. The van der Waals surface area contributed by atoms with Crippen LogP contribution >= 0.6 is 27.7 Å². The number of aromatic nitrogens is 2. The highest BCUT2D eigenvalue weighted by atomic mass is 79.9. The first-order chi connectivity index (χ1) is 17.7. The number of hydrogen-bond acceptors (Lipinski definition) is 6. The molecule has 1 saturated heterocycles. The van der Waals surface area contributed by atoms with Crippen LogP contribution in [0.2, 0.25) is 0 Å². The Hall–Kier alpha value is -2.67. The van der Waals surface area contributed by atoms with Crippen molar-refractivity contribution < 1.29 is 23.1 Å². The zero-order chi connectivity index (χ0) is 26.2. The minimum Gasteiger partial charge on any atom is -0.395 e. The summed E-state index contributed by atoms with van der Waals surface area (Å²) in [5.74, 6) is -0.453. The Balaban J connectivity index is 1.52. The van der Waals surface area contributed by atoms with E-state index in [4.69, 9.17) is 0 Å². The highest BCUT2D eigenvalue weighted by Gasteiger charge is 2.35. The molecule has 194 valence electrons. The van der Waals surface area contributed by atoms with Crippen LogP contribution < -0.4 is 0 Å². The lowest BCUT2D eigenvalue weighted by Gasteiger charge is -2.34. The Labute approximate surface area is 223 Å². The van der Waals surface area contributed by atoms with Crippen molar-refractivity contribution in [3.05, 3.63) is 68.7 Å². The number of β-amino-alcohol motifs (C(OH)–C–C–N with tert-alkyl or cyclic N) is 1. The van der Waals surface area contributed by atoms with E-state index in [0.29, 0.717) is 45.3 Å². The lowest BCUT2D eigenvalue weighted by Crippen LogP contribution is -2.48. The molecule has 0 unspecified atom stereocenters. The quantitative estimate of drug-likeness (QED) is 0.423. The van der Waals surface area contributed by atoms with Gasteiger partial charge in [-0.2, -0.15) is 23.3 Å². The number of allylic oxidation sites excluding steroid dienone is 1. The normalized spacial score (nSPS) is 18.6. The zero-order valence-corrected chi connectivity index (χ0v) is 22.0. The van der Waals surface area contributed by atoms with E-state index >= 15 is 0 Å². The van der Waals surface area contributed by atoms with Crippen LogP contribution in [0.15, 0.2) is 57.0 Å². The van der Waals surface area contributed by atoms with Gasteiger partial charge in [-0.05, 0) is 59.1 Å². The fourth-order valence-corrected chi connectivity index (χ4v) is 5.96. The first-order valence-corrected chi connectivity index (χ1v) is 13.2. The third-order valence-corrected chi connectivity index (χ3v) is 8.10. The van der Waals surface area contributed by atoms with Crippen LogP contribution in [-0.2, 0) is 17.4 Å². The summed E-state index contributed by atoms with van der Waals surface area (Å²) in [6, 6.07) is 9.49. The fraction of sp³-hybridized carbons (Fsp3) is 0.320. The van der Waals surface area contributed by atoms with Gasteiger partial charge in [0.1, 0.15) is 0 Å². The molecule has 1 aromatic heterocycles. The molecule has 5 rings (SSSR count). The number of fused-ring (bicyclic) bond motifs is 1. The number of aliphatic hydroxyl groups excluding tert-OH is 1. The van der Waals surface area contributed by atoms with Gasteiger partial charge in [0.2, 0.25) is 0 Å². The number of H-pyrrole nitrogens is 1. The maximum absolute atomic E-state index is 13.9. The molecule has 1 fully saturated rings. The van der Waals surface area contributed by atoms with Crippen LogP contribution in [0.5, 0.6) is 0 Å². The number of alkyl halides is 3. The Kier molecular flexibility index (Phi) is 7.44. The molecule has 2 aliphatic rings. The van der Waals surface area contributed by atoms with Crippen molar-refractivity contribution in [3.8, 4) is 0 Å². The molecule has 0 aliphatic carbocycles. The van der Waals surface area contributed by atoms with Gasteiger partial charge in [-0.3, -0.25) is 14.8 Å². The molecule has 0 bridgehead atoms. The predicted molar refractivity (Wildman–Crippen MR) is 141 cm³/mol. The summed E-state index contributed by atoms with van der Waals surface area (Å²) in [5, 5.41) is 17.4. The van der Waals surface area contributed by atoms with Crippen LogP contribution in [0.3, 0.4) is 0 Å². The summed E-state index contributed by atoms with van der Waals surface area (Å²) < 4.78 is 42.1. The van der Waals surface area contributed by atoms with E-state index in [1.807, 2.05) is 11.0 Å². The first-order valence-electron chi connectivity index (χ1n) is 11.6. The summed E-state index contributed by atoms with van der Waals surface area (Å²) in [6.07, 6.45) is -3.00. The molecule has 12 heteroatoms. The second kappa shape index (κ2) is 10.6. The number of nitrogens with one attached hydrogen (secondary N) is 1. The number of aliphatic imine (C=N–C) groups is 1. The minimum absolute atomic E-state index is 0.0740.